The number of halogens is 1. The second kappa shape index (κ2) is 8.37. The van der Waals surface area contributed by atoms with Crippen LogP contribution in [0, 0.1) is 0 Å². The Hall–Kier alpha value is -1.10. The SMILES string of the molecule is COc1ccccc1CN(C)CCCc1nc(CCl)cs1. The van der Waals surface area contributed by atoms with Crippen molar-refractivity contribution in [1.29, 1.82) is 0 Å². The molecule has 1 heterocycles. The Bertz CT molecular complexity index is 559. The Morgan fingerprint density at radius 3 is 2.86 bits per heavy atom. The van der Waals surface area contributed by atoms with Gasteiger partial charge in [0.2, 0.25) is 0 Å². The van der Waals surface area contributed by atoms with Crippen molar-refractivity contribution in [2.75, 3.05) is 20.7 Å². The molecule has 21 heavy (non-hydrogen) atoms. The largest absolute Gasteiger partial charge is 0.496 e. The van der Waals surface area contributed by atoms with E-state index in [0.29, 0.717) is 5.88 Å². The van der Waals surface area contributed by atoms with Crippen molar-refractivity contribution in [3.63, 3.8) is 0 Å². The normalized spacial score (nSPS) is 11.0. The van der Waals surface area contributed by atoms with Gasteiger partial charge in [0.15, 0.2) is 0 Å². The Kier molecular flexibility index (Phi) is 6.49. The molecule has 0 aliphatic rings. The lowest BCUT2D eigenvalue weighted by Crippen LogP contribution is -2.20. The number of alkyl halides is 1. The number of aromatic nitrogens is 1. The molecule has 0 aliphatic carbocycles. The van der Waals surface area contributed by atoms with E-state index in [0.717, 1.165) is 37.4 Å². The minimum Gasteiger partial charge on any atom is -0.496 e. The second-order valence-electron chi connectivity index (χ2n) is 5.02. The highest BCUT2D eigenvalue weighted by Crippen LogP contribution is 2.19. The van der Waals surface area contributed by atoms with Gasteiger partial charge < -0.3 is 9.64 Å². The summed E-state index contributed by atoms with van der Waals surface area (Å²) in [6.45, 7) is 1.93. The summed E-state index contributed by atoms with van der Waals surface area (Å²) < 4.78 is 5.39. The van der Waals surface area contributed by atoms with Gasteiger partial charge in [-0.1, -0.05) is 18.2 Å². The molecule has 114 valence electrons. The summed E-state index contributed by atoms with van der Waals surface area (Å²) in [5, 5.41) is 3.22. The van der Waals surface area contributed by atoms with E-state index in [1.165, 1.54) is 10.6 Å². The maximum absolute atomic E-state index is 5.77. The summed E-state index contributed by atoms with van der Waals surface area (Å²) in [6, 6.07) is 8.17. The molecule has 5 heteroatoms. The number of rotatable bonds is 8. The molecule has 0 N–H and O–H groups in total. The number of methoxy groups -OCH3 is 1. The molecular formula is C16H21ClN2OS. The van der Waals surface area contributed by atoms with Crippen LogP contribution in [-0.4, -0.2) is 30.6 Å². The van der Waals surface area contributed by atoms with Crippen LogP contribution in [0.15, 0.2) is 29.6 Å². The highest BCUT2D eigenvalue weighted by Gasteiger charge is 2.06. The molecule has 0 saturated carbocycles. The molecule has 0 atom stereocenters. The van der Waals surface area contributed by atoms with Crippen molar-refractivity contribution >= 4 is 22.9 Å². The highest BCUT2D eigenvalue weighted by atomic mass is 35.5. The zero-order valence-corrected chi connectivity index (χ0v) is 14.1. The number of thiazole rings is 1. The lowest BCUT2D eigenvalue weighted by Gasteiger charge is -2.18. The van der Waals surface area contributed by atoms with Crippen molar-refractivity contribution in [1.82, 2.24) is 9.88 Å². The highest BCUT2D eigenvalue weighted by molar-refractivity contribution is 7.09. The minimum atomic E-state index is 0.504. The predicted octanol–water partition coefficient (Wildman–Crippen LogP) is 3.96. The lowest BCUT2D eigenvalue weighted by molar-refractivity contribution is 0.313. The zero-order chi connectivity index (χ0) is 15.1. The number of benzene rings is 1. The molecule has 0 radical (unpaired) electrons. The number of aryl methyl sites for hydroxylation is 1. The molecule has 0 aliphatic heterocycles. The van der Waals surface area contributed by atoms with Gasteiger partial charge >= 0.3 is 0 Å². The first-order valence-corrected chi connectivity index (χ1v) is 8.44. The third-order valence-electron chi connectivity index (χ3n) is 3.30. The van der Waals surface area contributed by atoms with E-state index in [1.54, 1.807) is 18.4 Å². The summed E-state index contributed by atoms with van der Waals surface area (Å²) in [5.41, 5.74) is 2.21. The first-order valence-electron chi connectivity index (χ1n) is 7.02. The van der Waals surface area contributed by atoms with Crippen molar-refractivity contribution in [3.8, 4) is 5.75 Å². The molecule has 0 saturated heterocycles. The molecule has 3 nitrogen and oxygen atoms in total. The van der Waals surface area contributed by atoms with Gasteiger partial charge in [-0.2, -0.15) is 0 Å². The maximum atomic E-state index is 5.77. The molecule has 1 aromatic heterocycles. The molecule has 2 rings (SSSR count). The molecule has 0 amide bonds. The van der Waals surface area contributed by atoms with E-state index >= 15 is 0 Å². The zero-order valence-electron chi connectivity index (χ0n) is 12.5. The average Bonchev–Trinajstić information content (AvgIpc) is 2.96. The van der Waals surface area contributed by atoms with Gasteiger partial charge in [-0.15, -0.1) is 22.9 Å². The van der Waals surface area contributed by atoms with Gasteiger partial charge in [0, 0.05) is 23.9 Å². The van der Waals surface area contributed by atoms with Gasteiger partial charge in [-0.25, -0.2) is 4.98 Å². The van der Waals surface area contributed by atoms with Gasteiger partial charge in [-0.3, -0.25) is 0 Å². The number of ether oxygens (including phenoxy) is 1. The second-order valence-corrected chi connectivity index (χ2v) is 6.23. The fourth-order valence-electron chi connectivity index (χ4n) is 2.23. The Balaban J connectivity index is 1.78. The van der Waals surface area contributed by atoms with Crippen LogP contribution in [0.5, 0.6) is 5.75 Å². The quantitative estimate of drug-likeness (QED) is 0.687. The van der Waals surface area contributed by atoms with Crippen LogP contribution in [0.2, 0.25) is 0 Å². The number of para-hydroxylation sites is 1. The third-order valence-corrected chi connectivity index (χ3v) is 4.53. The summed E-state index contributed by atoms with van der Waals surface area (Å²) in [4.78, 5) is 6.80. The van der Waals surface area contributed by atoms with Gasteiger partial charge in [0.25, 0.3) is 0 Å². The Morgan fingerprint density at radius 2 is 2.14 bits per heavy atom. The monoisotopic (exact) mass is 324 g/mol. The summed E-state index contributed by atoms with van der Waals surface area (Å²) >= 11 is 7.47. The minimum absolute atomic E-state index is 0.504. The van der Waals surface area contributed by atoms with E-state index < -0.39 is 0 Å². The van der Waals surface area contributed by atoms with Crippen molar-refractivity contribution in [3.05, 3.63) is 45.9 Å². The fraction of sp³-hybridized carbons (Fsp3) is 0.438. The summed E-state index contributed by atoms with van der Waals surface area (Å²) in [7, 11) is 3.86. The van der Waals surface area contributed by atoms with E-state index in [2.05, 4.69) is 29.1 Å². The maximum Gasteiger partial charge on any atom is 0.123 e. The number of hydrogen-bond acceptors (Lipinski definition) is 4. The molecule has 1 aromatic carbocycles. The van der Waals surface area contributed by atoms with E-state index in [4.69, 9.17) is 16.3 Å². The summed E-state index contributed by atoms with van der Waals surface area (Å²) in [5.74, 6) is 1.46. The van der Waals surface area contributed by atoms with Crippen LogP contribution < -0.4 is 4.74 Å². The van der Waals surface area contributed by atoms with Crippen LogP contribution in [0.3, 0.4) is 0 Å². The Labute approximate surface area is 135 Å². The molecule has 0 spiro atoms. The van der Waals surface area contributed by atoms with Crippen LogP contribution >= 0.6 is 22.9 Å². The smallest absolute Gasteiger partial charge is 0.123 e. The van der Waals surface area contributed by atoms with Crippen molar-refractivity contribution in [2.24, 2.45) is 0 Å². The average molecular weight is 325 g/mol. The van der Waals surface area contributed by atoms with Crippen LogP contribution in [0.4, 0.5) is 0 Å². The van der Waals surface area contributed by atoms with Gasteiger partial charge in [0.1, 0.15) is 5.75 Å². The van der Waals surface area contributed by atoms with Crippen LogP contribution in [0.1, 0.15) is 22.7 Å². The first kappa shape index (κ1) is 16.3. The van der Waals surface area contributed by atoms with E-state index in [9.17, 15) is 0 Å². The van der Waals surface area contributed by atoms with E-state index in [1.807, 2.05) is 17.5 Å². The summed E-state index contributed by atoms with van der Waals surface area (Å²) in [6.07, 6.45) is 2.11. The molecule has 0 bridgehead atoms. The Morgan fingerprint density at radius 1 is 1.33 bits per heavy atom. The standard InChI is InChI=1S/C16H21ClN2OS/c1-19(11-13-6-3-4-7-15(13)20-2)9-5-8-16-18-14(10-17)12-21-16/h3-4,6-7,12H,5,8-11H2,1-2H3. The fourth-order valence-corrected chi connectivity index (χ4v) is 3.30. The van der Waals surface area contributed by atoms with Crippen molar-refractivity contribution < 1.29 is 4.74 Å². The third kappa shape index (κ3) is 4.99. The molecule has 2 aromatic rings. The molecule has 0 fully saturated rings. The van der Waals surface area contributed by atoms with Crippen LogP contribution in [-0.2, 0) is 18.8 Å². The van der Waals surface area contributed by atoms with E-state index in [-0.39, 0.29) is 0 Å². The number of hydrogen-bond donors (Lipinski definition) is 0. The predicted molar refractivity (Wildman–Crippen MR) is 89.3 cm³/mol. The van der Waals surface area contributed by atoms with Gasteiger partial charge in [-0.05, 0) is 26.1 Å². The molecular weight excluding hydrogens is 304 g/mol. The lowest BCUT2D eigenvalue weighted by atomic mass is 10.2. The number of nitrogens with zero attached hydrogens (tertiary/aromatic N) is 2. The topological polar surface area (TPSA) is 25.4 Å². The van der Waals surface area contributed by atoms with Crippen molar-refractivity contribution in [2.45, 2.75) is 25.3 Å². The molecule has 0 unspecified atom stereocenters. The van der Waals surface area contributed by atoms with Gasteiger partial charge in [0.05, 0.1) is 23.7 Å². The van der Waals surface area contributed by atoms with Crippen LogP contribution in [0.25, 0.3) is 0 Å². The first-order chi connectivity index (χ1) is 10.2.